The first-order chi connectivity index (χ1) is 12.4. The first-order valence-corrected chi connectivity index (χ1v) is 7.91. The van der Waals surface area contributed by atoms with Crippen LogP contribution in [0.25, 0.3) is 0 Å². The van der Waals surface area contributed by atoms with E-state index in [1.807, 2.05) is 0 Å². The van der Waals surface area contributed by atoms with Gasteiger partial charge in [-0.2, -0.15) is 0 Å². The van der Waals surface area contributed by atoms with Crippen molar-refractivity contribution in [1.82, 2.24) is 9.55 Å². The summed E-state index contributed by atoms with van der Waals surface area (Å²) < 4.78 is 26.3. The maximum absolute atomic E-state index is 14.9. The van der Waals surface area contributed by atoms with Crippen molar-refractivity contribution in [3.8, 4) is 0 Å². The van der Waals surface area contributed by atoms with Gasteiger partial charge < -0.3 is 14.6 Å². The van der Waals surface area contributed by atoms with Crippen molar-refractivity contribution in [2.45, 2.75) is 31.5 Å². The van der Waals surface area contributed by atoms with Gasteiger partial charge in [0.05, 0.1) is 12.2 Å². The van der Waals surface area contributed by atoms with Gasteiger partial charge in [-0.15, -0.1) is 0 Å². The Morgan fingerprint density at radius 3 is 2.69 bits per heavy atom. The average Bonchev–Trinajstić information content (AvgIpc) is 2.94. The monoisotopic (exact) mass is 364 g/mol. The Hall–Kier alpha value is -2.78. The molecule has 2 aromatic rings. The van der Waals surface area contributed by atoms with Crippen LogP contribution in [-0.4, -0.2) is 45.6 Å². The lowest BCUT2D eigenvalue weighted by atomic mass is 10.1. The number of aromatic nitrogens is 2. The third-order valence-electron chi connectivity index (χ3n) is 4.12. The summed E-state index contributed by atoms with van der Waals surface area (Å²) in [7, 11) is 0. The molecule has 1 saturated heterocycles. The molecule has 1 fully saturated rings. The van der Waals surface area contributed by atoms with Crippen LogP contribution in [0.1, 0.15) is 22.1 Å². The minimum absolute atomic E-state index is 0.186. The van der Waals surface area contributed by atoms with E-state index in [0.29, 0.717) is 0 Å². The molecular weight excluding hydrogens is 347 g/mol. The lowest BCUT2D eigenvalue weighted by Gasteiger charge is -2.18. The van der Waals surface area contributed by atoms with Crippen LogP contribution in [0.2, 0.25) is 0 Å². The number of aliphatic hydroxyl groups excluding tert-OH is 1. The number of nitrogens with one attached hydrogen (secondary N) is 1. The number of carbonyl (C=O) groups is 1. The fourth-order valence-corrected chi connectivity index (χ4v) is 2.75. The van der Waals surface area contributed by atoms with E-state index in [9.17, 15) is 23.9 Å². The smallest absolute Gasteiger partial charge is 0.338 e. The SMILES string of the molecule is Cc1cn([C@@H]2O[C@H](CO)[C@@H](OC(=O)c3ccccc3)[C@@H]2F)c(=O)[nH]c1=O. The zero-order chi connectivity index (χ0) is 18.8. The van der Waals surface area contributed by atoms with Crippen molar-refractivity contribution in [1.29, 1.82) is 0 Å². The minimum Gasteiger partial charge on any atom is -0.453 e. The molecule has 3 rings (SSSR count). The third-order valence-corrected chi connectivity index (χ3v) is 4.12. The summed E-state index contributed by atoms with van der Waals surface area (Å²) in [6.45, 7) is 0.841. The predicted octanol–water partition coefficient (Wildman–Crippen LogP) is 0.298. The number of alkyl halides is 1. The van der Waals surface area contributed by atoms with Gasteiger partial charge in [-0.3, -0.25) is 14.3 Å². The van der Waals surface area contributed by atoms with Crippen molar-refractivity contribution in [2.75, 3.05) is 6.61 Å². The van der Waals surface area contributed by atoms with E-state index in [0.717, 1.165) is 10.8 Å². The quantitative estimate of drug-likeness (QED) is 0.755. The number of carbonyl (C=O) groups excluding carboxylic acids is 1. The number of rotatable bonds is 4. The topological polar surface area (TPSA) is 111 Å². The predicted molar refractivity (Wildman–Crippen MR) is 87.6 cm³/mol. The second-order valence-electron chi connectivity index (χ2n) is 5.91. The Morgan fingerprint density at radius 2 is 2.04 bits per heavy atom. The number of esters is 1. The van der Waals surface area contributed by atoms with E-state index in [-0.39, 0.29) is 11.1 Å². The number of aryl methyl sites for hydroxylation is 1. The van der Waals surface area contributed by atoms with Gasteiger partial charge in [0.2, 0.25) is 0 Å². The lowest BCUT2D eigenvalue weighted by molar-refractivity contribution is -0.0534. The first-order valence-electron chi connectivity index (χ1n) is 7.91. The van der Waals surface area contributed by atoms with Crippen molar-refractivity contribution in [2.24, 2.45) is 0 Å². The van der Waals surface area contributed by atoms with E-state index in [2.05, 4.69) is 4.98 Å². The molecule has 8 nitrogen and oxygen atoms in total. The van der Waals surface area contributed by atoms with Crippen LogP contribution < -0.4 is 11.2 Å². The zero-order valence-electron chi connectivity index (χ0n) is 13.8. The summed E-state index contributed by atoms with van der Waals surface area (Å²) in [6, 6.07) is 7.98. The Bertz CT molecular complexity index is 909. The molecule has 26 heavy (non-hydrogen) atoms. The molecule has 2 heterocycles. The fourth-order valence-electron chi connectivity index (χ4n) is 2.75. The summed E-state index contributed by atoms with van der Waals surface area (Å²) in [4.78, 5) is 37.7. The summed E-state index contributed by atoms with van der Waals surface area (Å²) in [5, 5.41) is 9.44. The van der Waals surface area contributed by atoms with Gasteiger partial charge >= 0.3 is 11.7 Å². The Balaban J connectivity index is 1.87. The summed E-state index contributed by atoms with van der Waals surface area (Å²) in [6.07, 6.45) is -4.75. The molecular formula is C17H17FN2O6. The van der Waals surface area contributed by atoms with Gasteiger partial charge in [0.1, 0.15) is 6.10 Å². The van der Waals surface area contributed by atoms with Crippen LogP contribution in [0.4, 0.5) is 4.39 Å². The van der Waals surface area contributed by atoms with Crippen LogP contribution in [0.15, 0.2) is 46.1 Å². The number of hydrogen-bond acceptors (Lipinski definition) is 6. The third kappa shape index (κ3) is 3.31. The molecule has 0 amide bonds. The standard InChI is InChI=1S/C17H17FN2O6/c1-9-7-20(17(24)19-14(9)22)15-12(18)13(11(8-21)25-15)26-16(23)10-5-3-2-4-6-10/h2-7,11-13,15,21H,8H2,1H3,(H,19,22,24)/t11-,12+,13-,15-/m1/s1. The maximum Gasteiger partial charge on any atom is 0.338 e. The van der Waals surface area contributed by atoms with Gasteiger partial charge in [0, 0.05) is 11.8 Å². The van der Waals surface area contributed by atoms with Gasteiger partial charge in [0.15, 0.2) is 18.5 Å². The van der Waals surface area contributed by atoms with E-state index in [4.69, 9.17) is 9.47 Å². The molecule has 1 aliphatic rings. The largest absolute Gasteiger partial charge is 0.453 e. The van der Waals surface area contributed by atoms with Crippen molar-refractivity contribution < 1.29 is 23.8 Å². The van der Waals surface area contributed by atoms with E-state index < -0.39 is 48.4 Å². The van der Waals surface area contributed by atoms with Crippen LogP contribution in [0.5, 0.6) is 0 Å². The Morgan fingerprint density at radius 1 is 1.35 bits per heavy atom. The number of hydrogen-bond donors (Lipinski definition) is 2. The number of benzene rings is 1. The highest BCUT2D eigenvalue weighted by Gasteiger charge is 2.48. The van der Waals surface area contributed by atoms with Crippen molar-refractivity contribution in [3.05, 3.63) is 68.5 Å². The Kier molecular flexibility index (Phi) is 5.01. The number of H-pyrrole nitrogens is 1. The second-order valence-corrected chi connectivity index (χ2v) is 5.91. The molecule has 0 spiro atoms. The molecule has 2 N–H and O–H groups in total. The van der Waals surface area contributed by atoms with Gasteiger partial charge in [0.25, 0.3) is 5.56 Å². The fraction of sp³-hybridized carbons (Fsp3) is 0.353. The van der Waals surface area contributed by atoms with Gasteiger partial charge in [-0.05, 0) is 19.1 Å². The van der Waals surface area contributed by atoms with Crippen molar-refractivity contribution >= 4 is 5.97 Å². The number of ether oxygens (including phenoxy) is 2. The van der Waals surface area contributed by atoms with Crippen LogP contribution >= 0.6 is 0 Å². The molecule has 138 valence electrons. The maximum atomic E-state index is 14.9. The van der Waals surface area contributed by atoms with Crippen molar-refractivity contribution in [3.63, 3.8) is 0 Å². The molecule has 0 bridgehead atoms. The summed E-state index contributed by atoms with van der Waals surface area (Å²) in [5.41, 5.74) is -1.05. The van der Waals surface area contributed by atoms with E-state index in [1.165, 1.54) is 19.1 Å². The van der Waals surface area contributed by atoms with E-state index >= 15 is 0 Å². The molecule has 4 atom stereocenters. The first kappa shape index (κ1) is 18.0. The average molecular weight is 364 g/mol. The molecule has 9 heteroatoms. The Labute approximate surface area is 146 Å². The number of aromatic amines is 1. The highest BCUT2D eigenvalue weighted by atomic mass is 19.1. The normalized spacial score (nSPS) is 25.2. The summed E-state index contributed by atoms with van der Waals surface area (Å²) in [5.74, 6) is -0.772. The van der Waals surface area contributed by atoms with E-state index in [1.54, 1.807) is 18.2 Å². The molecule has 0 unspecified atom stereocenters. The zero-order valence-corrected chi connectivity index (χ0v) is 13.8. The number of halogens is 1. The highest BCUT2D eigenvalue weighted by Crippen LogP contribution is 2.33. The van der Waals surface area contributed by atoms with Crippen LogP contribution in [-0.2, 0) is 9.47 Å². The van der Waals surface area contributed by atoms with Crippen LogP contribution in [0, 0.1) is 6.92 Å². The molecule has 0 aliphatic carbocycles. The number of aliphatic hydroxyl groups is 1. The van der Waals surface area contributed by atoms with Gasteiger partial charge in [-0.25, -0.2) is 14.0 Å². The van der Waals surface area contributed by atoms with Crippen LogP contribution in [0.3, 0.4) is 0 Å². The molecule has 1 aromatic heterocycles. The summed E-state index contributed by atoms with van der Waals surface area (Å²) >= 11 is 0. The highest BCUT2D eigenvalue weighted by molar-refractivity contribution is 5.89. The van der Waals surface area contributed by atoms with Gasteiger partial charge in [-0.1, -0.05) is 18.2 Å². The number of nitrogens with zero attached hydrogens (tertiary/aromatic N) is 1. The minimum atomic E-state index is -1.91. The molecule has 0 saturated carbocycles. The lowest BCUT2D eigenvalue weighted by Crippen LogP contribution is -2.38. The second kappa shape index (κ2) is 7.22. The molecule has 0 radical (unpaired) electrons. The molecule has 1 aromatic carbocycles. The molecule has 1 aliphatic heterocycles.